The fourth-order valence-electron chi connectivity index (χ4n) is 3.88. The molecule has 0 saturated heterocycles. The largest absolute Gasteiger partial charge is 0.396 e. The average Bonchev–Trinajstić information content (AvgIpc) is 3.04. The summed E-state index contributed by atoms with van der Waals surface area (Å²) in [7, 11) is 0. The van der Waals surface area contributed by atoms with Gasteiger partial charge in [-0.2, -0.15) is 0 Å². The maximum absolute atomic E-state index is 10.4. The van der Waals surface area contributed by atoms with Crippen molar-refractivity contribution in [1.82, 2.24) is 19.5 Å². The Labute approximate surface area is 136 Å². The van der Waals surface area contributed by atoms with E-state index in [0.717, 1.165) is 5.75 Å². The lowest BCUT2D eigenvalue weighted by molar-refractivity contribution is -0.0300. The van der Waals surface area contributed by atoms with Gasteiger partial charge >= 0.3 is 0 Å². The Bertz CT molecular complexity index is 768. The molecule has 2 aliphatic carbocycles. The van der Waals surface area contributed by atoms with Crippen molar-refractivity contribution >= 4 is 28.7 Å². The van der Waals surface area contributed by atoms with Gasteiger partial charge in [-0.05, 0) is 18.1 Å². The van der Waals surface area contributed by atoms with Gasteiger partial charge in [0.1, 0.15) is 11.6 Å². The molecule has 0 spiro atoms. The third kappa shape index (κ3) is 1.94. The van der Waals surface area contributed by atoms with Gasteiger partial charge in [-0.15, -0.1) is 0 Å². The monoisotopic (exact) mass is 337 g/mol. The molecule has 5 atom stereocenters. The van der Waals surface area contributed by atoms with Crippen molar-refractivity contribution in [3.63, 3.8) is 0 Å². The Hall–Kier alpha value is -1.42. The van der Waals surface area contributed by atoms with Gasteiger partial charge in [0, 0.05) is 5.41 Å². The van der Waals surface area contributed by atoms with E-state index in [0.29, 0.717) is 28.6 Å². The van der Waals surface area contributed by atoms with Gasteiger partial charge in [0.05, 0.1) is 25.1 Å². The zero-order valence-electron chi connectivity index (χ0n) is 12.6. The molecule has 4 rings (SSSR count). The number of hydrogen-bond acceptors (Lipinski definition) is 8. The summed E-state index contributed by atoms with van der Waals surface area (Å²) in [5.74, 6) is 1.13. The van der Waals surface area contributed by atoms with E-state index >= 15 is 0 Å². The average molecular weight is 337 g/mol. The van der Waals surface area contributed by atoms with Gasteiger partial charge in [-0.1, -0.05) is 18.7 Å². The molecule has 0 aliphatic heterocycles. The van der Waals surface area contributed by atoms with Crippen molar-refractivity contribution in [2.75, 3.05) is 18.1 Å². The molecule has 0 unspecified atom stereocenters. The van der Waals surface area contributed by atoms with Crippen molar-refractivity contribution < 1.29 is 15.3 Å². The smallest absolute Gasteiger partial charge is 0.191 e. The highest BCUT2D eigenvalue weighted by Gasteiger charge is 2.71. The van der Waals surface area contributed by atoms with Crippen LogP contribution in [0.3, 0.4) is 0 Å². The molecule has 2 heterocycles. The summed E-state index contributed by atoms with van der Waals surface area (Å²) in [5.41, 5.74) is 6.42. The van der Waals surface area contributed by atoms with E-state index in [9.17, 15) is 15.3 Å². The van der Waals surface area contributed by atoms with Crippen LogP contribution in [0.5, 0.6) is 0 Å². The molecule has 8 nitrogen and oxygen atoms in total. The molecule has 2 saturated carbocycles. The molecule has 2 aromatic rings. The van der Waals surface area contributed by atoms with Crippen LogP contribution in [-0.2, 0) is 0 Å². The fourth-order valence-corrected chi connectivity index (χ4v) is 4.45. The van der Waals surface area contributed by atoms with Gasteiger partial charge in [-0.25, -0.2) is 15.0 Å². The Morgan fingerprint density at radius 2 is 2.22 bits per heavy atom. The lowest BCUT2D eigenvalue weighted by Crippen LogP contribution is -2.35. The van der Waals surface area contributed by atoms with Crippen LogP contribution in [0.15, 0.2) is 11.5 Å². The molecule has 0 radical (unpaired) electrons. The van der Waals surface area contributed by atoms with Crippen molar-refractivity contribution in [2.45, 2.75) is 36.8 Å². The Kier molecular flexibility index (Phi) is 3.31. The number of thioether (sulfide) groups is 1. The van der Waals surface area contributed by atoms with E-state index in [1.807, 2.05) is 6.92 Å². The first-order chi connectivity index (χ1) is 11.0. The highest BCUT2D eigenvalue weighted by molar-refractivity contribution is 7.99. The second-order valence-electron chi connectivity index (χ2n) is 6.28. The summed E-state index contributed by atoms with van der Waals surface area (Å²) in [6, 6.07) is -0.365. The van der Waals surface area contributed by atoms with Crippen LogP contribution in [0.1, 0.15) is 19.4 Å². The number of hydrogen-bond donors (Lipinski definition) is 4. The predicted octanol–water partition coefficient (Wildman–Crippen LogP) is -0.204. The minimum absolute atomic E-state index is 0.00775. The van der Waals surface area contributed by atoms with Gasteiger partial charge in [0.2, 0.25) is 0 Å². The summed E-state index contributed by atoms with van der Waals surface area (Å²) in [5, 5.41) is 30.9. The van der Waals surface area contributed by atoms with Gasteiger partial charge < -0.3 is 25.6 Å². The van der Waals surface area contributed by atoms with Crippen LogP contribution in [0.25, 0.3) is 11.2 Å². The van der Waals surface area contributed by atoms with E-state index in [1.165, 1.54) is 11.8 Å². The zero-order chi connectivity index (χ0) is 16.4. The Morgan fingerprint density at radius 1 is 1.43 bits per heavy atom. The number of aliphatic hydroxyl groups is 3. The normalized spacial score (nSPS) is 35.7. The van der Waals surface area contributed by atoms with Crippen molar-refractivity contribution in [3.05, 3.63) is 6.33 Å². The molecule has 0 bridgehead atoms. The lowest BCUT2D eigenvalue weighted by atomic mass is 10.0. The minimum atomic E-state index is -0.961. The van der Waals surface area contributed by atoms with Crippen molar-refractivity contribution in [2.24, 2.45) is 11.3 Å². The predicted molar refractivity (Wildman–Crippen MR) is 84.8 cm³/mol. The Morgan fingerprint density at radius 3 is 2.87 bits per heavy atom. The Balaban J connectivity index is 1.81. The van der Waals surface area contributed by atoms with Crippen LogP contribution >= 0.6 is 11.8 Å². The zero-order valence-corrected chi connectivity index (χ0v) is 13.4. The van der Waals surface area contributed by atoms with Gasteiger partial charge in [0.15, 0.2) is 16.6 Å². The molecule has 23 heavy (non-hydrogen) atoms. The number of rotatable bonds is 4. The maximum atomic E-state index is 10.4. The number of aromatic nitrogens is 4. The quantitative estimate of drug-likeness (QED) is 0.445. The van der Waals surface area contributed by atoms with Crippen molar-refractivity contribution in [3.8, 4) is 0 Å². The first-order valence-corrected chi connectivity index (χ1v) is 8.62. The van der Waals surface area contributed by atoms with E-state index in [2.05, 4.69) is 15.0 Å². The first-order valence-electron chi connectivity index (χ1n) is 7.63. The van der Waals surface area contributed by atoms with Crippen LogP contribution in [0.2, 0.25) is 0 Å². The number of anilines is 1. The van der Waals surface area contributed by atoms with E-state index < -0.39 is 17.6 Å². The number of nitrogen functional groups attached to an aromatic ring is 1. The third-order valence-electron chi connectivity index (χ3n) is 5.17. The molecule has 2 aliphatic rings. The second kappa shape index (κ2) is 5.04. The SMILES string of the molecule is CCSc1nc(N)c2ncn([C@H]3[C@H](O)[C@H](O)[C@]4(CO)C[C@H]34)c2n1. The van der Waals surface area contributed by atoms with Crippen LogP contribution in [0, 0.1) is 11.3 Å². The van der Waals surface area contributed by atoms with Crippen LogP contribution in [0.4, 0.5) is 5.82 Å². The molecule has 2 fully saturated rings. The molecule has 2 aromatic heterocycles. The molecule has 5 N–H and O–H groups in total. The lowest BCUT2D eigenvalue weighted by Gasteiger charge is -2.23. The summed E-state index contributed by atoms with van der Waals surface area (Å²) in [6.45, 7) is 1.87. The second-order valence-corrected chi connectivity index (χ2v) is 7.51. The summed E-state index contributed by atoms with van der Waals surface area (Å²) >= 11 is 1.48. The molecule has 9 heteroatoms. The molecule has 0 aromatic carbocycles. The highest BCUT2D eigenvalue weighted by Crippen LogP contribution is 2.67. The van der Waals surface area contributed by atoms with E-state index in [-0.39, 0.29) is 18.6 Å². The van der Waals surface area contributed by atoms with Gasteiger partial charge in [-0.3, -0.25) is 0 Å². The third-order valence-corrected chi connectivity index (χ3v) is 5.90. The van der Waals surface area contributed by atoms with Crippen LogP contribution < -0.4 is 5.73 Å². The van der Waals surface area contributed by atoms with E-state index in [1.54, 1.807) is 10.9 Å². The number of aliphatic hydroxyl groups excluding tert-OH is 3. The summed E-state index contributed by atoms with van der Waals surface area (Å²) < 4.78 is 1.77. The van der Waals surface area contributed by atoms with Crippen LogP contribution in [-0.4, -0.2) is 59.4 Å². The number of nitrogens with two attached hydrogens (primary N) is 1. The fraction of sp³-hybridized carbons (Fsp3) is 0.643. The molecular weight excluding hydrogens is 318 g/mol. The number of fused-ring (bicyclic) bond motifs is 2. The molecule has 0 amide bonds. The number of nitrogens with zero attached hydrogens (tertiary/aromatic N) is 4. The molecule has 124 valence electrons. The topological polar surface area (TPSA) is 130 Å². The van der Waals surface area contributed by atoms with Crippen molar-refractivity contribution in [1.29, 1.82) is 0 Å². The maximum Gasteiger partial charge on any atom is 0.191 e. The minimum Gasteiger partial charge on any atom is -0.396 e. The summed E-state index contributed by atoms with van der Waals surface area (Å²) in [6.07, 6.45) is 0.367. The molecular formula is C14H19N5O3S. The number of imidazole rings is 1. The first kappa shape index (κ1) is 15.1. The standard InChI is InChI=1S/C14H19N5O3S/c1-2-23-13-17-11(15)7-12(18-13)19(5-16-7)8-6-3-14(6,4-20)10(22)9(8)21/h5-6,8-10,20-22H,2-4H2,1H3,(H2,15,17,18)/t6-,8-,9+,10+,14+/m1/s1. The van der Waals surface area contributed by atoms with E-state index in [4.69, 9.17) is 5.73 Å². The highest BCUT2D eigenvalue weighted by atomic mass is 32.2. The summed E-state index contributed by atoms with van der Waals surface area (Å²) in [4.78, 5) is 13.0. The van der Waals surface area contributed by atoms with Gasteiger partial charge in [0.25, 0.3) is 0 Å².